The van der Waals surface area contributed by atoms with Gasteiger partial charge in [0.25, 0.3) is 11.4 Å². The molecule has 0 saturated heterocycles. The maximum atomic E-state index is 11.1. The average Bonchev–Trinajstić information content (AvgIpc) is 2.80. The van der Waals surface area contributed by atoms with Crippen molar-refractivity contribution in [3.05, 3.63) is 116 Å². The molecule has 0 fully saturated rings. The van der Waals surface area contributed by atoms with Crippen LogP contribution < -0.4 is 0 Å². The number of hydrogen-bond acceptors (Lipinski definition) is 6. The number of rotatable bonds is 8. The first kappa shape index (κ1) is 22.0. The molecular weight excluding hydrogens is 408 g/mol. The number of nitro benzene ring substituents is 2. The van der Waals surface area contributed by atoms with Gasteiger partial charge in [0.15, 0.2) is 0 Å². The van der Waals surface area contributed by atoms with Crippen molar-refractivity contribution in [2.24, 2.45) is 9.98 Å². The smallest absolute Gasteiger partial charge is 0.258 e. The van der Waals surface area contributed by atoms with E-state index < -0.39 is 9.85 Å². The van der Waals surface area contributed by atoms with Crippen molar-refractivity contribution in [1.29, 1.82) is 0 Å². The van der Waals surface area contributed by atoms with Gasteiger partial charge >= 0.3 is 0 Å². The zero-order valence-corrected chi connectivity index (χ0v) is 16.8. The molecule has 0 atom stereocenters. The van der Waals surface area contributed by atoms with Crippen LogP contribution in [0.1, 0.15) is 11.1 Å². The monoisotopic (exact) mass is 426 g/mol. The van der Waals surface area contributed by atoms with E-state index in [2.05, 4.69) is 9.98 Å². The fourth-order valence-corrected chi connectivity index (χ4v) is 2.81. The molecule has 0 saturated carbocycles. The summed E-state index contributed by atoms with van der Waals surface area (Å²) >= 11 is 0. The zero-order valence-electron chi connectivity index (χ0n) is 16.8. The van der Waals surface area contributed by atoms with Gasteiger partial charge in [-0.15, -0.1) is 0 Å². The number of aliphatic imine (C=N–C) groups is 2. The first-order valence-electron chi connectivity index (χ1n) is 9.53. The number of nitrogens with zero attached hydrogens (tertiary/aromatic N) is 4. The zero-order chi connectivity index (χ0) is 22.8. The van der Waals surface area contributed by atoms with Crippen molar-refractivity contribution in [2.45, 2.75) is 0 Å². The van der Waals surface area contributed by atoms with Gasteiger partial charge < -0.3 is 0 Å². The Morgan fingerprint density at radius 2 is 0.969 bits per heavy atom. The first-order valence-corrected chi connectivity index (χ1v) is 9.53. The Labute approximate surface area is 183 Å². The van der Waals surface area contributed by atoms with E-state index in [0.29, 0.717) is 22.5 Å². The number of nitro groups is 2. The number of allylic oxidation sites excluding steroid dienone is 2. The molecular formula is C24H18N4O4. The Morgan fingerprint density at radius 1 is 0.594 bits per heavy atom. The fourth-order valence-electron chi connectivity index (χ4n) is 2.81. The van der Waals surface area contributed by atoms with E-state index in [1.807, 2.05) is 12.1 Å². The minimum atomic E-state index is -0.432. The number of benzene rings is 3. The third-order valence-corrected chi connectivity index (χ3v) is 4.30. The second-order valence-electron chi connectivity index (χ2n) is 6.40. The van der Waals surface area contributed by atoms with Crippen LogP contribution in [0.15, 0.2) is 94.9 Å². The van der Waals surface area contributed by atoms with Gasteiger partial charge in [-0.05, 0) is 48.6 Å². The van der Waals surface area contributed by atoms with Crippen molar-refractivity contribution in [2.75, 3.05) is 0 Å². The Hall–Kier alpha value is -4.72. The molecule has 0 amide bonds. The van der Waals surface area contributed by atoms with Crippen LogP contribution in [0.3, 0.4) is 0 Å². The van der Waals surface area contributed by atoms with E-state index in [1.165, 1.54) is 24.6 Å². The van der Waals surface area contributed by atoms with Gasteiger partial charge in [0.1, 0.15) is 0 Å². The molecule has 0 aliphatic rings. The molecule has 3 aromatic carbocycles. The summed E-state index contributed by atoms with van der Waals surface area (Å²) in [5.74, 6) is 0. The molecule has 0 aromatic heterocycles. The molecule has 8 heteroatoms. The predicted octanol–water partition coefficient (Wildman–Crippen LogP) is 6.33. The van der Waals surface area contributed by atoms with E-state index in [0.717, 1.165) is 0 Å². The molecule has 0 bridgehead atoms. The van der Waals surface area contributed by atoms with E-state index in [1.54, 1.807) is 72.8 Å². The highest BCUT2D eigenvalue weighted by molar-refractivity contribution is 5.86. The molecule has 0 aliphatic carbocycles. The number of hydrogen-bond donors (Lipinski definition) is 0. The van der Waals surface area contributed by atoms with E-state index in [-0.39, 0.29) is 11.4 Å². The average molecular weight is 426 g/mol. The third kappa shape index (κ3) is 5.90. The van der Waals surface area contributed by atoms with Gasteiger partial charge in [-0.2, -0.15) is 0 Å². The summed E-state index contributed by atoms with van der Waals surface area (Å²) in [4.78, 5) is 30.0. The maximum Gasteiger partial charge on any atom is 0.276 e. The molecule has 158 valence electrons. The van der Waals surface area contributed by atoms with Crippen LogP contribution >= 0.6 is 0 Å². The van der Waals surface area contributed by atoms with Crippen LogP contribution in [0.2, 0.25) is 0 Å². The van der Waals surface area contributed by atoms with Crippen LogP contribution in [0.25, 0.3) is 12.2 Å². The molecule has 0 radical (unpaired) electrons. The predicted molar refractivity (Wildman–Crippen MR) is 127 cm³/mol. The normalized spacial score (nSPS) is 11.8. The summed E-state index contributed by atoms with van der Waals surface area (Å²) in [7, 11) is 0. The summed E-state index contributed by atoms with van der Waals surface area (Å²) in [6.07, 6.45) is 9.54. The van der Waals surface area contributed by atoms with Crippen molar-refractivity contribution in [3.63, 3.8) is 0 Å². The minimum absolute atomic E-state index is 0.0209. The van der Waals surface area contributed by atoms with Crippen LogP contribution in [0.4, 0.5) is 22.7 Å². The van der Waals surface area contributed by atoms with Gasteiger partial charge in [-0.1, -0.05) is 36.4 Å². The van der Waals surface area contributed by atoms with Crippen molar-refractivity contribution >= 4 is 47.3 Å². The molecule has 8 nitrogen and oxygen atoms in total. The summed E-state index contributed by atoms with van der Waals surface area (Å²) in [5, 5.41) is 22.1. The second-order valence-corrected chi connectivity index (χ2v) is 6.40. The summed E-state index contributed by atoms with van der Waals surface area (Å²) in [6.45, 7) is 0. The standard InChI is InChI=1S/C24H18N4O4/c29-27(30)23-15-5-1-9-19(23)11-7-17-25-21-13-3-4-14-22(21)26-18-8-12-20-10-2-6-16-24(20)28(31)32/h1-18H/b11-7+,12-8+,25-17?,26-18?. The minimum Gasteiger partial charge on any atom is -0.258 e. The lowest BCUT2D eigenvalue weighted by atomic mass is 10.1. The molecule has 0 aliphatic heterocycles. The molecule has 0 spiro atoms. The molecule has 3 aromatic rings. The van der Waals surface area contributed by atoms with E-state index in [4.69, 9.17) is 0 Å². The lowest BCUT2D eigenvalue weighted by Crippen LogP contribution is -1.90. The Kier molecular flexibility index (Phi) is 7.48. The Bertz CT molecular complexity index is 1150. The second kappa shape index (κ2) is 10.9. The van der Waals surface area contributed by atoms with Gasteiger partial charge in [-0.3, -0.25) is 30.2 Å². The topological polar surface area (TPSA) is 111 Å². The SMILES string of the molecule is O=[N+]([O-])c1ccccc1/C=C/C=Nc1ccccc1N=C/C=C/c1ccccc1[N+](=O)[O-]. The highest BCUT2D eigenvalue weighted by Gasteiger charge is 2.09. The molecule has 3 rings (SSSR count). The summed E-state index contributed by atoms with van der Waals surface area (Å²) in [6, 6.07) is 20.1. The van der Waals surface area contributed by atoms with E-state index in [9.17, 15) is 20.2 Å². The third-order valence-electron chi connectivity index (χ3n) is 4.30. The van der Waals surface area contributed by atoms with Crippen molar-refractivity contribution in [1.82, 2.24) is 0 Å². The highest BCUT2D eigenvalue weighted by atomic mass is 16.6. The fraction of sp³-hybridized carbons (Fsp3) is 0. The first-order chi connectivity index (χ1) is 15.6. The van der Waals surface area contributed by atoms with E-state index >= 15 is 0 Å². The van der Waals surface area contributed by atoms with Crippen LogP contribution in [0.5, 0.6) is 0 Å². The van der Waals surface area contributed by atoms with Gasteiger partial charge in [0, 0.05) is 24.6 Å². The summed E-state index contributed by atoms with van der Waals surface area (Å²) < 4.78 is 0. The summed E-state index contributed by atoms with van der Waals surface area (Å²) in [5.41, 5.74) is 2.22. The Morgan fingerprint density at radius 3 is 1.38 bits per heavy atom. The molecule has 0 N–H and O–H groups in total. The van der Waals surface area contributed by atoms with Crippen molar-refractivity contribution < 1.29 is 9.85 Å². The van der Waals surface area contributed by atoms with Crippen LogP contribution in [-0.2, 0) is 0 Å². The lowest BCUT2D eigenvalue weighted by Gasteiger charge is -1.98. The van der Waals surface area contributed by atoms with Crippen LogP contribution in [0, 0.1) is 20.2 Å². The molecule has 0 heterocycles. The van der Waals surface area contributed by atoms with Crippen LogP contribution in [-0.4, -0.2) is 22.3 Å². The van der Waals surface area contributed by atoms with Gasteiger partial charge in [-0.25, -0.2) is 0 Å². The maximum absolute atomic E-state index is 11.1. The molecule has 32 heavy (non-hydrogen) atoms. The highest BCUT2D eigenvalue weighted by Crippen LogP contribution is 2.27. The van der Waals surface area contributed by atoms with Crippen molar-refractivity contribution in [3.8, 4) is 0 Å². The van der Waals surface area contributed by atoms with Gasteiger partial charge in [0.2, 0.25) is 0 Å². The Balaban J connectivity index is 1.73. The van der Waals surface area contributed by atoms with Gasteiger partial charge in [0.05, 0.1) is 32.3 Å². The number of para-hydroxylation sites is 4. The lowest BCUT2D eigenvalue weighted by molar-refractivity contribution is -0.385. The molecule has 0 unspecified atom stereocenters. The largest absolute Gasteiger partial charge is 0.276 e. The quantitative estimate of drug-likeness (QED) is 0.238.